The number of carbonyl (C=O) groups excluding carboxylic acids is 1. The summed E-state index contributed by atoms with van der Waals surface area (Å²) in [6, 6.07) is 5.41. The van der Waals surface area contributed by atoms with Crippen LogP contribution in [0, 0.1) is 11.6 Å². The first-order valence-corrected chi connectivity index (χ1v) is 14.0. The Hall–Kier alpha value is -1.69. The van der Waals surface area contributed by atoms with Crippen molar-refractivity contribution in [1.29, 1.82) is 0 Å². The van der Waals surface area contributed by atoms with Gasteiger partial charge in [-0.25, -0.2) is 31.9 Å². The van der Waals surface area contributed by atoms with Crippen molar-refractivity contribution in [3.63, 3.8) is 0 Å². The maximum absolute atomic E-state index is 14.3. The van der Waals surface area contributed by atoms with Gasteiger partial charge in [0.1, 0.15) is 22.3 Å². The molecule has 0 atom stereocenters. The van der Waals surface area contributed by atoms with Crippen molar-refractivity contribution in [1.82, 2.24) is 14.7 Å². The number of hydrogen-bond acceptors (Lipinski definition) is 6. The van der Waals surface area contributed by atoms with Crippen LogP contribution in [-0.4, -0.2) is 56.1 Å². The molecule has 2 heterocycles. The van der Waals surface area contributed by atoms with Crippen LogP contribution in [0.5, 0.6) is 5.75 Å². The quantitative estimate of drug-likeness (QED) is 0.481. The second kappa shape index (κ2) is 11.0. The Bertz CT molecular complexity index is 1250. The second-order valence-electron chi connectivity index (χ2n) is 8.77. The Morgan fingerprint density at radius 3 is 2.14 bits per heavy atom. The SMILES string of the molecule is O=C(NS(=O)(=O)c1cc(F)c(Cl)cc1F)C1(Oc2ccc(Cl)c(Cl)c2)CCN(N2CCCCC2)CC1. The molecular weight excluding hydrogens is 559 g/mol. The predicted molar refractivity (Wildman–Crippen MR) is 133 cm³/mol. The number of hydrogen-bond donors (Lipinski definition) is 1. The molecule has 4 rings (SSSR count). The molecule has 2 saturated heterocycles. The van der Waals surface area contributed by atoms with Crippen molar-refractivity contribution in [2.45, 2.75) is 42.6 Å². The fraction of sp³-hybridized carbons (Fsp3) is 0.435. The first-order chi connectivity index (χ1) is 17.0. The fourth-order valence-electron chi connectivity index (χ4n) is 4.42. The number of amides is 1. The average molecular weight is 583 g/mol. The topological polar surface area (TPSA) is 78.9 Å². The summed E-state index contributed by atoms with van der Waals surface area (Å²) in [6.07, 6.45) is 3.59. The Balaban J connectivity index is 1.61. The van der Waals surface area contributed by atoms with E-state index in [2.05, 4.69) is 10.0 Å². The van der Waals surface area contributed by atoms with E-state index in [-0.39, 0.29) is 28.6 Å². The van der Waals surface area contributed by atoms with Crippen LogP contribution in [0.4, 0.5) is 8.78 Å². The minimum atomic E-state index is -4.78. The zero-order chi connectivity index (χ0) is 26.1. The van der Waals surface area contributed by atoms with E-state index in [4.69, 9.17) is 39.5 Å². The van der Waals surface area contributed by atoms with Crippen molar-refractivity contribution >= 4 is 50.7 Å². The van der Waals surface area contributed by atoms with E-state index in [1.54, 1.807) is 0 Å². The van der Waals surface area contributed by atoms with Gasteiger partial charge in [0.05, 0.1) is 15.1 Å². The Morgan fingerprint density at radius 2 is 1.50 bits per heavy atom. The summed E-state index contributed by atoms with van der Waals surface area (Å²) < 4.78 is 62.0. The van der Waals surface area contributed by atoms with Crippen molar-refractivity contribution in [2.24, 2.45) is 0 Å². The van der Waals surface area contributed by atoms with Gasteiger partial charge in [-0.2, -0.15) is 0 Å². The highest BCUT2D eigenvalue weighted by atomic mass is 35.5. The lowest BCUT2D eigenvalue weighted by Crippen LogP contribution is -2.60. The molecule has 0 bridgehead atoms. The minimum Gasteiger partial charge on any atom is -0.477 e. The Labute approximate surface area is 223 Å². The lowest BCUT2D eigenvalue weighted by atomic mass is 9.90. The molecule has 2 aliphatic rings. The van der Waals surface area contributed by atoms with E-state index in [1.807, 2.05) is 4.72 Å². The Kier molecular flexibility index (Phi) is 8.33. The van der Waals surface area contributed by atoms with Crippen LogP contribution in [0.2, 0.25) is 15.1 Å². The highest BCUT2D eigenvalue weighted by molar-refractivity contribution is 7.90. The predicted octanol–water partition coefficient (Wildman–Crippen LogP) is 5.04. The fourth-order valence-corrected chi connectivity index (χ4v) is 5.97. The number of hydrazine groups is 1. The van der Waals surface area contributed by atoms with E-state index >= 15 is 0 Å². The number of piperidine rings is 2. The zero-order valence-electron chi connectivity index (χ0n) is 19.1. The third-order valence-corrected chi connectivity index (χ3v) is 8.76. The van der Waals surface area contributed by atoms with Gasteiger partial charge in [0, 0.05) is 45.1 Å². The number of sulfonamides is 1. The molecule has 0 unspecified atom stereocenters. The number of rotatable bonds is 6. The summed E-state index contributed by atoms with van der Waals surface area (Å²) in [4.78, 5) is 12.4. The molecule has 2 aliphatic heterocycles. The van der Waals surface area contributed by atoms with E-state index in [9.17, 15) is 22.0 Å². The van der Waals surface area contributed by atoms with Gasteiger partial charge in [0.25, 0.3) is 15.9 Å². The van der Waals surface area contributed by atoms with Crippen molar-refractivity contribution in [3.8, 4) is 5.75 Å². The first-order valence-electron chi connectivity index (χ1n) is 11.4. The highest BCUT2D eigenvalue weighted by Crippen LogP contribution is 2.34. The molecule has 36 heavy (non-hydrogen) atoms. The summed E-state index contributed by atoms with van der Waals surface area (Å²) >= 11 is 17.6. The smallest absolute Gasteiger partial charge is 0.277 e. The van der Waals surface area contributed by atoms with E-state index in [1.165, 1.54) is 18.2 Å². The third-order valence-electron chi connectivity index (χ3n) is 6.39. The molecule has 0 aliphatic carbocycles. The summed E-state index contributed by atoms with van der Waals surface area (Å²) in [5.74, 6) is -3.21. The van der Waals surface area contributed by atoms with Gasteiger partial charge in [0.2, 0.25) is 0 Å². The molecule has 0 radical (unpaired) electrons. The summed E-state index contributed by atoms with van der Waals surface area (Å²) in [5, 5.41) is 4.26. The first kappa shape index (κ1) is 27.3. The number of carbonyl (C=O) groups is 1. The zero-order valence-corrected chi connectivity index (χ0v) is 22.2. The summed E-state index contributed by atoms with van der Waals surface area (Å²) in [5.41, 5.74) is -1.61. The lowest BCUT2D eigenvalue weighted by Gasteiger charge is -2.45. The molecule has 2 aromatic carbocycles. The van der Waals surface area contributed by atoms with Crippen molar-refractivity contribution in [2.75, 3.05) is 26.2 Å². The average Bonchev–Trinajstić information content (AvgIpc) is 2.84. The summed E-state index contributed by atoms with van der Waals surface area (Å²) in [7, 11) is -4.78. The molecular formula is C23H24Cl3F2N3O4S. The monoisotopic (exact) mass is 581 g/mol. The van der Waals surface area contributed by atoms with Crippen molar-refractivity contribution < 1.29 is 26.7 Å². The van der Waals surface area contributed by atoms with Crippen LogP contribution in [0.25, 0.3) is 0 Å². The number of ether oxygens (including phenoxy) is 1. The van der Waals surface area contributed by atoms with Crippen LogP contribution in [0.15, 0.2) is 35.2 Å². The van der Waals surface area contributed by atoms with Crippen LogP contribution < -0.4 is 9.46 Å². The van der Waals surface area contributed by atoms with Crippen LogP contribution in [-0.2, 0) is 14.8 Å². The van der Waals surface area contributed by atoms with Gasteiger partial charge >= 0.3 is 0 Å². The van der Waals surface area contributed by atoms with Gasteiger partial charge in [-0.15, -0.1) is 0 Å². The van der Waals surface area contributed by atoms with E-state index in [0.717, 1.165) is 32.4 Å². The van der Waals surface area contributed by atoms with Crippen LogP contribution in [0.3, 0.4) is 0 Å². The molecule has 196 valence electrons. The largest absolute Gasteiger partial charge is 0.477 e. The van der Waals surface area contributed by atoms with Gasteiger partial charge in [-0.1, -0.05) is 41.2 Å². The van der Waals surface area contributed by atoms with Gasteiger partial charge in [0.15, 0.2) is 5.60 Å². The highest BCUT2D eigenvalue weighted by Gasteiger charge is 2.46. The van der Waals surface area contributed by atoms with Crippen LogP contribution in [0.1, 0.15) is 32.1 Å². The standard InChI is InChI=1S/C23H24Cl3F2N3O4S/c24-16-5-4-15(12-17(16)25)35-23(6-10-31(11-7-23)30-8-2-1-3-9-30)22(32)29-36(33,34)21-14-19(27)18(26)13-20(21)28/h4-5,12-14H,1-3,6-11H2,(H,29,32). The third kappa shape index (κ3) is 5.89. The minimum absolute atomic E-state index is 0.141. The maximum Gasteiger partial charge on any atom is 0.277 e. The van der Waals surface area contributed by atoms with Crippen LogP contribution >= 0.6 is 34.8 Å². The summed E-state index contributed by atoms with van der Waals surface area (Å²) in [6.45, 7) is 2.67. The maximum atomic E-state index is 14.3. The molecule has 7 nitrogen and oxygen atoms in total. The number of nitrogens with zero attached hydrogens (tertiary/aromatic N) is 2. The van der Waals surface area contributed by atoms with Gasteiger partial charge in [-0.05, 0) is 37.1 Å². The second-order valence-corrected chi connectivity index (χ2v) is 11.6. The lowest BCUT2D eigenvalue weighted by molar-refractivity contribution is -0.147. The number of halogens is 5. The normalized spacial score (nSPS) is 19.1. The van der Waals surface area contributed by atoms with Gasteiger partial charge in [-0.3, -0.25) is 4.79 Å². The molecule has 0 saturated carbocycles. The Morgan fingerprint density at radius 1 is 0.861 bits per heavy atom. The van der Waals surface area contributed by atoms with Crippen molar-refractivity contribution in [3.05, 3.63) is 57.0 Å². The van der Waals surface area contributed by atoms with Gasteiger partial charge < -0.3 is 4.74 Å². The molecule has 0 aromatic heterocycles. The van der Waals surface area contributed by atoms with E-state index < -0.39 is 43.1 Å². The molecule has 1 amide bonds. The van der Waals surface area contributed by atoms with E-state index in [0.29, 0.717) is 25.2 Å². The molecule has 1 N–H and O–H groups in total. The molecule has 13 heteroatoms. The molecule has 2 aromatic rings. The number of nitrogens with one attached hydrogen (secondary N) is 1. The number of benzene rings is 2. The molecule has 2 fully saturated rings. The molecule has 0 spiro atoms.